The molecule has 0 spiro atoms. The molecule has 1 aliphatic rings. The first-order valence-electron chi connectivity index (χ1n) is 5.28. The number of hydrogen-bond acceptors (Lipinski definition) is 4. The number of hydrogen-bond donors (Lipinski definition) is 3. The molecule has 1 fully saturated rings. The van der Waals surface area contributed by atoms with Gasteiger partial charge in [-0.2, -0.15) is 0 Å². The summed E-state index contributed by atoms with van der Waals surface area (Å²) in [6, 6.07) is 0. The van der Waals surface area contributed by atoms with Gasteiger partial charge in [0.05, 0.1) is 0 Å². The van der Waals surface area contributed by atoms with E-state index in [9.17, 15) is 9.50 Å². The molecule has 0 bridgehead atoms. The van der Waals surface area contributed by atoms with Crippen LogP contribution in [0.5, 0.6) is 0 Å². The number of carbonyl (C=O) groups is 1. The van der Waals surface area contributed by atoms with Crippen molar-refractivity contribution in [3.63, 3.8) is 0 Å². The number of rotatable bonds is 5. The Bertz CT molecular complexity index is 250. The minimum absolute atomic E-state index is 0.0799. The van der Waals surface area contributed by atoms with Crippen LogP contribution in [0.4, 0.5) is 0 Å². The summed E-state index contributed by atoms with van der Waals surface area (Å²) in [5.74, 6) is -1.01. The van der Waals surface area contributed by atoms with Crippen molar-refractivity contribution in [1.29, 1.82) is 0 Å². The van der Waals surface area contributed by atoms with Gasteiger partial charge < -0.3 is 0 Å². The summed E-state index contributed by atoms with van der Waals surface area (Å²) in [7, 11) is 0.856. The number of carboxylic acid groups (broad SMARTS) is 1. The van der Waals surface area contributed by atoms with Gasteiger partial charge >= 0.3 is 88.9 Å². The Morgan fingerprint density at radius 3 is 3.00 bits per heavy atom. The molecule has 1 rings (SSSR count). The van der Waals surface area contributed by atoms with Crippen LogP contribution in [0.15, 0.2) is 0 Å². The van der Waals surface area contributed by atoms with Gasteiger partial charge in [0.25, 0.3) is 0 Å². The Balaban J connectivity index is 2.57. The second-order valence-electron chi connectivity index (χ2n) is 4.09. The van der Waals surface area contributed by atoms with E-state index < -0.39 is 11.5 Å². The third kappa shape index (κ3) is 2.85. The summed E-state index contributed by atoms with van der Waals surface area (Å²) in [5, 5.41) is 12.2. The molecular formula is C9H17BN2O3. The second-order valence-corrected chi connectivity index (χ2v) is 4.09. The van der Waals surface area contributed by atoms with Crippen molar-refractivity contribution < 1.29 is 14.6 Å². The van der Waals surface area contributed by atoms with Crippen LogP contribution < -0.4 is 11.1 Å². The van der Waals surface area contributed by atoms with Gasteiger partial charge in [0, 0.05) is 0 Å². The van der Waals surface area contributed by atoms with Gasteiger partial charge in [-0.3, -0.25) is 0 Å². The van der Waals surface area contributed by atoms with Crippen molar-refractivity contribution in [1.82, 2.24) is 5.32 Å². The van der Waals surface area contributed by atoms with Gasteiger partial charge in [0.2, 0.25) is 0 Å². The predicted octanol–water partition coefficient (Wildman–Crippen LogP) is -0.374. The third-order valence-electron chi connectivity index (χ3n) is 3.11. The number of piperidine rings is 1. The fourth-order valence-corrected chi connectivity index (χ4v) is 2.05. The first-order valence-corrected chi connectivity index (χ1v) is 5.28. The van der Waals surface area contributed by atoms with Gasteiger partial charge in [-0.05, 0) is 0 Å². The number of nitrogens with two attached hydrogens (primary N) is 1. The van der Waals surface area contributed by atoms with Crippen LogP contribution >= 0.6 is 0 Å². The minimum atomic E-state index is -1.12. The van der Waals surface area contributed by atoms with Crippen molar-refractivity contribution in [3.05, 3.63) is 0 Å². The Hall–Kier alpha value is -0.745. The summed E-state index contributed by atoms with van der Waals surface area (Å²) in [6.07, 6.45) is 2.33. The molecule has 5 nitrogen and oxygen atoms in total. The molecule has 84 valence electrons. The van der Waals surface area contributed by atoms with E-state index in [-0.39, 0.29) is 5.92 Å². The van der Waals surface area contributed by atoms with Crippen molar-refractivity contribution in [2.24, 2.45) is 11.7 Å². The van der Waals surface area contributed by atoms with Gasteiger partial charge in [0.1, 0.15) is 0 Å². The first-order chi connectivity index (χ1) is 7.11. The molecule has 15 heavy (non-hydrogen) atoms. The van der Waals surface area contributed by atoms with Crippen LogP contribution in [0.3, 0.4) is 0 Å². The Morgan fingerprint density at radius 2 is 2.40 bits per heavy atom. The molecule has 0 aromatic heterocycles. The summed E-state index contributed by atoms with van der Waals surface area (Å²) in [6.45, 7) is 1.27. The molecule has 2 atom stereocenters. The molecule has 1 aliphatic heterocycles. The molecule has 0 radical (unpaired) electrons. The molecule has 0 aromatic rings. The SMILES string of the molecule is N[C@@]1(C(=O)O)CCNC[C@H]1CCCB=O. The summed E-state index contributed by atoms with van der Waals surface area (Å²) < 4.78 is 10.2. The second kappa shape index (κ2) is 5.37. The third-order valence-corrected chi connectivity index (χ3v) is 3.11. The maximum absolute atomic E-state index is 11.1. The summed E-state index contributed by atoms with van der Waals surface area (Å²) >= 11 is 0. The van der Waals surface area contributed by atoms with Crippen molar-refractivity contribution in [3.8, 4) is 0 Å². The van der Waals surface area contributed by atoms with Gasteiger partial charge in [-0.25, -0.2) is 0 Å². The molecule has 0 aliphatic carbocycles. The molecule has 1 saturated heterocycles. The van der Waals surface area contributed by atoms with E-state index >= 15 is 0 Å². The number of nitrogens with one attached hydrogen (secondary N) is 1. The molecule has 4 N–H and O–H groups in total. The van der Waals surface area contributed by atoms with E-state index in [2.05, 4.69) is 5.32 Å². The normalized spacial score (nSPS) is 30.9. The summed E-state index contributed by atoms with van der Waals surface area (Å²) in [4.78, 5) is 11.1. The Labute approximate surface area is 89.7 Å². The van der Waals surface area contributed by atoms with Crippen molar-refractivity contribution in [2.45, 2.75) is 31.1 Å². The standard InChI is InChI=1S/C9H17BN2O3/c11-9(8(13)14)3-5-12-6-7(9)2-1-4-10-15/h7,12H,1-6,11H2,(H,13,14)/t7-,9+/m1/s1. The molecule has 1 heterocycles. The zero-order chi connectivity index (χ0) is 11.3. The molecule has 0 unspecified atom stereocenters. The average molecular weight is 212 g/mol. The number of aliphatic carboxylic acids is 1. The van der Waals surface area contributed by atoms with E-state index in [1.54, 1.807) is 0 Å². The van der Waals surface area contributed by atoms with Crippen LogP contribution in [-0.2, 0) is 9.50 Å². The monoisotopic (exact) mass is 212 g/mol. The zero-order valence-corrected chi connectivity index (χ0v) is 8.74. The fourth-order valence-electron chi connectivity index (χ4n) is 2.05. The Morgan fingerprint density at radius 1 is 1.67 bits per heavy atom. The molecule has 0 saturated carbocycles. The van der Waals surface area contributed by atoms with Crippen LogP contribution in [0.2, 0.25) is 6.32 Å². The zero-order valence-electron chi connectivity index (χ0n) is 8.74. The van der Waals surface area contributed by atoms with Crippen LogP contribution in [0.25, 0.3) is 0 Å². The topological polar surface area (TPSA) is 92.4 Å². The molecule has 0 aromatic carbocycles. The van der Waals surface area contributed by atoms with Crippen LogP contribution in [0, 0.1) is 5.92 Å². The Kier molecular flexibility index (Phi) is 4.41. The first kappa shape index (κ1) is 12.3. The van der Waals surface area contributed by atoms with Crippen molar-refractivity contribution in [2.75, 3.05) is 13.1 Å². The van der Waals surface area contributed by atoms with E-state index in [0.29, 0.717) is 38.7 Å². The summed E-state index contributed by atoms with van der Waals surface area (Å²) in [5.41, 5.74) is 4.78. The van der Waals surface area contributed by atoms with E-state index in [4.69, 9.17) is 10.8 Å². The van der Waals surface area contributed by atoms with E-state index in [1.165, 1.54) is 0 Å². The maximum atomic E-state index is 11.1. The average Bonchev–Trinajstić information content (AvgIpc) is 2.21. The van der Waals surface area contributed by atoms with Gasteiger partial charge in [-0.15, -0.1) is 0 Å². The van der Waals surface area contributed by atoms with Gasteiger partial charge in [0.15, 0.2) is 0 Å². The van der Waals surface area contributed by atoms with Crippen LogP contribution in [0.1, 0.15) is 19.3 Å². The van der Waals surface area contributed by atoms with E-state index in [1.807, 2.05) is 0 Å². The van der Waals surface area contributed by atoms with Gasteiger partial charge in [-0.1, -0.05) is 0 Å². The quantitative estimate of drug-likeness (QED) is 0.427. The number of carboxylic acids is 1. The van der Waals surface area contributed by atoms with Crippen molar-refractivity contribution >= 4 is 13.1 Å². The molecule has 6 heteroatoms. The fraction of sp³-hybridized carbons (Fsp3) is 0.889. The van der Waals surface area contributed by atoms with Crippen LogP contribution in [-0.4, -0.2) is 36.9 Å². The molecular weight excluding hydrogens is 195 g/mol. The predicted molar refractivity (Wildman–Crippen MR) is 56.0 cm³/mol. The van der Waals surface area contributed by atoms with E-state index in [0.717, 1.165) is 7.15 Å². The molecule has 0 amide bonds.